The average Bonchev–Trinajstić information content (AvgIpc) is 2.41. The molecule has 0 saturated heterocycles. The summed E-state index contributed by atoms with van der Waals surface area (Å²) >= 11 is 10.7. The van der Waals surface area contributed by atoms with Gasteiger partial charge in [0.2, 0.25) is 0 Å². The molecule has 0 aliphatic heterocycles. The number of thiocarbonyl (C=S) groups is 1. The van der Waals surface area contributed by atoms with Gasteiger partial charge in [0.15, 0.2) is 5.11 Å². The Balaban J connectivity index is 2.94. The second-order valence-electron chi connectivity index (χ2n) is 4.87. The molecule has 1 amide bonds. The Morgan fingerprint density at radius 3 is 2.77 bits per heavy atom. The molecular formula is C14H19ClN4O2S. The van der Waals surface area contributed by atoms with Gasteiger partial charge in [-0.2, -0.15) is 5.10 Å². The van der Waals surface area contributed by atoms with Crippen LogP contribution in [0, 0.1) is 6.92 Å². The molecule has 1 rings (SSSR count). The fourth-order valence-corrected chi connectivity index (χ4v) is 1.83. The number of nitrogens with zero attached hydrogens (tertiary/aromatic N) is 1. The molecule has 22 heavy (non-hydrogen) atoms. The maximum atomic E-state index is 11.6. The van der Waals surface area contributed by atoms with Crippen molar-refractivity contribution >= 4 is 40.7 Å². The van der Waals surface area contributed by atoms with E-state index in [1.165, 1.54) is 0 Å². The highest BCUT2D eigenvalue weighted by Crippen LogP contribution is 2.16. The number of rotatable bonds is 5. The Labute approximate surface area is 140 Å². The van der Waals surface area contributed by atoms with Crippen molar-refractivity contribution in [3.05, 3.63) is 34.3 Å². The fraction of sp³-hybridized carbons (Fsp3) is 0.357. The lowest BCUT2D eigenvalue weighted by molar-refractivity contribution is 0.159. The van der Waals surface area contributed by atoms with Crippen LogP contribution in [-0.2, 0) is 4.74 Å². The smallest absolute Gasteiger partial charge is 0.407 e. The number of carbonyl (C=O) groups excluding carboxylic acids is 1. The molecule has 0 unspecified atom stereocenters. The summed E-state index contributed by atoms with van der Waals surface area (Å²) in [4.78, 5) is 11.6. The van der Waals surface area contributed by atoms with Crippen LogP contribution in [0.25, 0.3) is 0 Å². The monoisotopic (exact) mass is 342 g/mol. The number of halogens is 1. The molecular weight excluding hydrogens is 324 g/mol. The van der Waals surface area contributed by atoms with E-state index >= 15 is 0 Å². The summed E-state index contributed by atoms with van der Waals surface area (Å²) in [5.74, 6) is 0. The van der Waals surface area contributed by atoms with E-state index in [1.807, 2.05) is 26.8 Å². The molecule has 4 N–H and O–H groups in total. The van der Waals surface area contributed by atoms with E-state index in [0.29, 0.717) is 10.7 Å². The zero-order chi connectivity index (χ0) is 16.7. The largest absolute Gasteiger partial charge is 0.443 e. The first-order chi connectivity index (χ1) is 10.3. The van der Waals surface area contributed by atoms with Gasteiger partial charge in [0.25, 0.3) is 0 Å². The topological polar surface area (TPSA) is 88.7 Å². The minimum Gasteiger partial charge on any atom is -0.443 e. The number of alkyl carbamates (subject to hydrolysis) is 1. The standard InChI is InChI=1S/C14H19ClN4O2S/c1-8(2)17-14(20)21-7-12(18-19-13(16)22)11-6-10(15)5-4-9(11)3/h4-6,8H,7H2,1-3H3,(H,17,20)(H3,16,19,22)/b18-12+. The van der Waals surface area contributed by atoms with Crippen LogP contribution < -0.4 is 16.5 Å². The second kappa shape index (κ2) is 8.55. The first-order valence-electron chi connectivity index (χ1n) is 6.61. The highest BCUT2D eigenvalue weighted by Gasteiger charge is 2.12. The van der Waals surface area contributed by atoms with Gasteiger partial charge >= 0.3 is 6.09 Å². The summed E-state index contributed by atoms with van der Waals surface area (Å²) in [6.07, 6.45) is -0.530. The molecule has 0 spiro atoms. The summed E-state index contributed by atoms with van der Waals surface area (Å²) in [5.41, 5.74) is 10.0. The number of nitrogens with one attached hydrogen (secondary N) is 2. The van der Waals surface area contributed by atoms with Gasteiger partial charge in [-0.1, -0.05) is 17.7 Å². The lowest BCUT2D eigenvalue weighted by Crippen LogP contribution is -2.33. The quantitative estimate of drug-likeness (QED) is 0.434. The lowest BCUT2D eigenvalue weighted by atomic mass is 10.0. The predicted octanol–water partition coefficient (Wildman–Crippen LogP) is 2.32. The number of ether oxygens (including phenoxy) is 1. The zero-order valence-corrected chi connectivity index (χ0v) is 14.2. The number of hydrogen-bond acceptors (Lipinski definition) is 4. The lowest BCUT2D eigenvalue weighted by Gasteiger charge is -2.13. The van der Waals surface area contributed by atoms with E-state index in [4.69, 9.17) is 34.3 Å². The maximum absolute atomic E-state index is 11.6. The normalized spacial score (nSPS) is 11.2. The van der Waals surface area contributed by atoms with Gasteiger partial charge in [-0.05, 0) is 50.7 Å². The Bertz CT molecular complexity index is 590. The number of nitrogens with two attached hydrogens (primary N) is 1. The Kier molecular flexibility index (Phi) is 7.07. The zero-order valence-electron chi connectivity index (χ0n) is 12.6. The summed E-state index contributed by atoms with van der Waals surface area (Å²) in [6.45, 7) is 5.53. The van der Waals surface area contributed by atoms with E-state index in [9.17, 15) is 4.79 Å². The van der Waals surface area contributed by atoms with Gasteiger partial charge in [-0.15, -0.1) is 0 Å². The second-order valence-corrected chi connectivity index (χ2v) is 5.75. The Hall–Kier alpha value is -1.86. The highest BCUT2D eigenvalue weighted by molar-refractivity contribution is 7.80. The van der Waals surface area contributed by atoms with Gasteiger partial charge in [-0.3, -0.25) is 5.43 Å². The summed E-state index contributed by atoms with van der Waals surface area (Å²) in [5, 5.41) is 7.28. The van der Waals surface area contributed by atoms with Crippen molar-refractivity contribution in [3.8, 4) is 0 Å². The van der Waals surface area contributed by atoms with Crippen LogP contribution in [0.5, 0.6) is 0 Å². The van der Waals surface area contributed by atoms with Crippen molar-refractivity contribution in [1.29, 1.82) is 0 Å². The van der Waals surface area contributed by atoms with Crippen molar-refractivity contribution in [3.63, 3.8) is 0 Å². The van der Waals surface area contributed by atoms with Crippen LogP contribution in [0.4, 0.5) is 4.79 Å². The molecule has 0 aromatic heterocycles. The van der Waals surface area contributed by atoms with Crippen LogP contribution in [0.2, 0.25) is 5.02 Å². The van der Waals surface area contributed by atoms with Crippen molar-refractivity contribution in [1.82, 2.24) is 10.7 Å². The van der Waals surface area contributed by atoms with Crippen molar-refractivity contribution < 1.29 is 9.53 Å². The first-order valence-corrected chi connectivity index (χ1v) is 7.40. The molecule has 0 saturated carbocycles. The Morgan fingerprint density at radius 2 is 2.18 bits per heavy atom. The number of benzene rings is 1. The third-order valence-electron chi connectivity index (χ3n) is 2.56. The number of carbonyl (C=O) groups is 1. The van der Waals surface area contributed by atoms with Crippen LogP contribution >= 0.6 is 23.8 Å². The van der Waals surface area contributed by atoms with Gasteiger partial charge in [0, 0.05) is 16.6 Å². The third kappa shape index (κ3) is 6.28. The summed E-state index contributed by atoms with van der Waals surface area (Å²) < 4.78 is 5.15. The van der Waals surface area contributed by atoms with E-state index in [1.54, 1.807) is 12.1 Å². The molecule has 0 heterocycles. The van der Waals surface area contributed by atoms with E-state index < -0.39 is 6.09 Å². The first kappa shape index (κ1) is 18.2. The van der Waals surface area contributed by atoms with Gasteiger partial charge in [0.05, 0.1) is 0 Å². The molecule has 0 aliphatic carbocycles. The van der Waals surface area contributed by atoms with Crippen LogP contribution in [0.15, 0.2) is 23.3 Å². The molecule has 0 fully saturated rings. The van der Waals surface area contributed by atoms with Crippen molar-refractivity contribution in [2.45, 2.75) is 26.8 Å². The molecule has 0 radical (unpaired) electrons. The molecule has 0 aliphatic rings. The van der Waals surface area contributed by atoms with Gasteiger partial charge in [-0.25, -0.2) is 4.79 Å². The molecule has 0 bridgehead atoms. The SMILES string of the molecule is Cc1ccc(Cl)cc1/C(COC(=O)NC(C)C)=N/NC(N)=S. The van der Waals surface area contributed by atoms with Crippen LogP contribution in [0.3, 0.4) is 0 Å². The van der Waals surface area contributed by atoms with E-state index in [0.717, 1.165) is 11.1 Å². The minimum atomic E-state index is -0.530. The maximum Gasteiger partial charge on any atom is 0.407 e. The minimum absolute atomic E-state index is 0.0174. The Morgan fingerprint density at radius 1 is 1.50 bits per heavy atom. The number of amides is 1. The van der Waals surface area contributed by atoms with Crippen molar-refractivity contribution in [2.24, 2.45) is 10.8 Å². The number of aryl methyl sites for hydroxylation is 1. The average molecular weight is 343 g/mol. The number of hydrazone groups is 1. The summed E-state index contributed by atoms with van der Waals surface area (Å²) in [7, 11) is 0. The molecule has 0 atom stereocenters. The van der Waals surface area contributed by atoms with Crippen LogP contribution in [-0.4, -0.2) is 29.6 Å². The highest BCUT2D eigenvalue weighted by atomic mass is 35.5. The molecule has 120 valence electrons. The van der Waals surface area contributed by atoms with Gasteiger partial charge in [0.1, 0.15) is 12.3 Å². The molecule has 1 aromatic rings. The number of hydrogen-bond donors (Lipinski definition) is 3. The molecule has 6 nitrogen and oxygen atoms in total. The van der Waals surface area contributed by atoms with E-state index in [2.05, 4.69) is 15.8 Å². The molecule has 8 heteroatoms. The fourth-order valence-electron chi connectivity index (χ4n) is 1.61. The van der Waals surface area contributed by atoms with E-state index in [-0.39, 0.29) is 17.8 Å². The van der Waals surface area contributed by atoms with Crippen LogP contribution in [0.1, 0.15) is 25.0 Å². The van der Waals surface area contributed by atoms with Crippen molar-refractivity contribution in [2.75, 3.05) is 6.61 Å². The van der Waals surface area contributed by atoms with Gasteiger partial charge < -0.3 is 15.8 Å². The predicted molar refractivity (Wildman–Crippen MR) is 92.3 cm³/mol. The third-order valence-corrected chi connectivity index (χ3v) is 2.88. The molecule has 1 aromatic carbocycles. The summed E-state index contributed by atoms with van der Waals surface area (Å²) in [6, 6.07) is 5.34.